The average Bonchev–Trinajstić information content (AvgIpc) is 3.04. The topological polar surface area (TPSA) is 105 Å². The predicted octanol–water partition coefficient (Wildman–Crippen LogP) is 8.29. The van der Waals surface area contributed by atoms with Crippen LogP contribution in [0.4, 0.5) is 11.4 Å². The molecule has 0 bridgehead atoms. The molecule has 43 heavy (non-hydrogen) atoms. The van der Waals surface area contributed by atoms with Gasteiger partial charge in [-0.25, -0.2) is 0 Å². The second kappa shape index (κ2) is 16.3. The molecule has 1 aliphatic rings. The fourth-order valence-corrected chi connectivity index (χ4v) is 5.64. The van der Waals surface area contributed by atoms with Crippen LogP contribution >= 0.6 is 0 Å². The third-order valence-corrected chi connectivity index (χ3v) is 8.10. The maximum absolute atomic E-state index is 12.9. The number of aliphatic imine (C=N–C) groups is 1. The first-order chi connectivity index (χ1) is 20.9. The van der Waals surface area contributed by atoms with Crippen molar-refractivity contribution in [3.05, 3.63) is 119 Å². The van der Waals surface area contributed by atoms with Crippen LogP contribution in [-0.4, -0.2) is 29.1 Å². The van der Waals surface area contributed by atoms with Crippen LogP contribution in [0.25, 0.3) is 0 Å². The fraction of sp³-hybridized carbons (Fsp3) is 0.324. The summed E-state index contributed by atoms with van der Waals surface area (Å²) in [5.74, 6) is -0.564. The molecular formula is C37H43N3O3. The van der Waals surface area contributed by atoms with E-state index in [0.29, 0.717) is 23.5 Å². The molecule has 0 aliphatic heterocycles. The molecular weight excluding hydrogens is 534 g/mol. The van der Waals surface area contributed by atoms with Gasteiger partial charge < -0.3 is 16.2 Å². The maximum atomic E-state index is 12.9. The number of hydrogen-bond acceptors (Lipinski definition) is 5. The zero-order valence-corrected chi connectivity index (χ0v) is 25.0. The Kier molecular flexibility index (Phi) is 11.9. The van der Waals surface area contributed by atoms with Gasteiger partial charge in [0.1, 0.15) is 0 Å². The Balaban J connectivity index is 1.61. The van der Waals surface area contributed by atoms with Gasteiger partial charge in [0.25, 0.3) is 0 Å². The summed E-state index contributed by atoms with van der Waals surface area (Å²) in [4.78, 5) is 28.6. The lowest BCUT2D eigenvalue weighted by Crippen LogP contribution is -2.35. The number of carboxylic acids is 1. The third-order valence-electron chi connectivity index (χ3n) is 8.10. The lowest BCUT2D eigenvalue weighted by Gasteiger charge is -2.33. The summed E-state index contributed by atoms with van der Waals surface area (Å²) in [5, 5.41) is 12.7. The van der Waals surface area contributed by atoms with E-state index in [2.05, 4.69) is 29.6 Å². The highest BCUT2D eigenvalue weighted by Crippen LogP contribution is 2.33. The summed E-state index contributed by atoms with van der Waals surface area (Å²) in [7, 11) is 0. The molecule has 3 aromatic rings. The molecule has 0 spiro atoms. The Labute approximate surface area is 255 Å². The van der Waals surface area contributed by atoms with Gasteiger partial charge in [-0.2, -0.15) is 0 Å². The van der Waals surface area contributed by atoms with Gasteiger partial charge in [0.2, 0.25) is 0 Å². The standard InChI is InChI=1S/C37H43N3O3/c1-27(12-11-19-35(41)42)37(43)30-21-23-32(24-22-30)40-36(29-15-7-3-8-16-29)33(26-39-31-17-9-4-10-18-31)34(38)25-20-28-13-5-2-6-14-28/h2,4-6,9-10,12-14,17-18,21-24,26,29,36,40H,3,7-8,11,15-16,19-20,25,38H2,1H3,(H,41,42)/b27-12+,34-33?,39-26?. The first kappa shape index (κ1) is 31.5. The van der Waals surface area contributed by atoms with E-state index in [4.69, 9.17) is 15.8 Å². The molecule has 6 nitrogen and oxygen atoms in total. The summed E-state index contributed by atoms with van der Waals surface area (Å²) in [5.41, 5.74) is 12.9. The van der Waals surface area contributed by atoms with Crippen LogP contribution < -0.4 is 11.1 Å². The first-order valence-corrected chi connectivity index (χ1v) is 15.3. The van der Waals surface area contributed by atoms with Crippen LogP contribution in [0, 0.1) is 5.92 Å². The highest BCUT2D eigenvalue weighted by molar-refractivity contribution is 6.08. The summed E-state index contributed by atoms with van der Waals surface area (Å²) in [6.07, 6.45) is 11.4. The van der Waals surface area contributed by atoms with Crippen molar-refractivity contribution in [1.82, 2.24) is 0 Å². The van der Waals surface area contributed by atoms with Crippen molar-refractivity contribution in [2.45, 2.75) is 70.8 Å². The minimum absolute atomic E-state index is 0.00788. The third kappa shape index (κ3) is 9.81. The number of rotatable bonds is 14. The molecule has 6 heteroatoms. The van der Waals surface area contributed by atoms with Crippen molar-refractivity contribution >= 4 is 29.3 Å². The summed E-state index contributed by atoms with van der Waals surface area (Å²) in [6.45, 7) is 1.73. The van der Waals surface area contributed by atoms with Crippen molar-refractivity contribution < 1.29 is 14.7 Å². The van der Waals surface area contributed by atoms with E-state index >= 15 is 0 Å². The maximum Gasteiger partial charge on any atom is 0.303 e. The molecule has 224 valence electrons. The van der Waals surface area contributed by atoms with Crippen LogP contribution in [-0.2, 0) is 11.2 Å². The van der Waals surface area contributed by atoms with Gasteiger partial charge in [0.15, 0.2) is 5.78 Å². The largest absolute Gasteiger partial charge is 0.481 e. The molecule has 0 aromatic heterocycles. The number of aryl methyl sites for hydroxylation is 1. The number of nitrogens with one attached hydrogen (secondary N) is 1. The number of nitrogens with two attached hydrogens (primary N) is 1. The molecule has 3 aromatic carbocycles. The van der Waals surface area contributed by atoms with Gasteiger partial charge >= 0.3 is 5.97 Å². The quantitative estimate of drug-likeness (QED) is 0.102. The average molecular weight is 578 g/mol. The number of nitrogens with zero attached hydrogens (tertiary/aromatic N) is 1. The zero-order valence-electron chi connectivity index (χ0n) is 25.0. The SMILES string of the molecule is C/C(=C\CCC(=O)O)C(=O)c1ccc(NC(C(C=Nc2ccccc2)=C(N)CCc2ccccc2)C2CCCCC2)cc1. The minimum atomic E-state index is -0.873. The Bertz CT molecular complexity index is 1420. The molecule has 1 saturated carbocycles. The lowest BCUT2D eigenvalue weighted by atomic mass is 9.80. The normalized spacial score (nSPS) is 15.6. The van der Waals surface area contributed by atoms with Crippen molar-refractivity contribution in [2.75, 3.05) is 5.32 Å². The Hall–Kier alpha value is -4.45. The molecule has 1 fully saturated rings. The second-order valence-corrected chi connectivity index (χ2v) is 11.3. The van der Waals surface area contributed by atoms with E-state index in [1.54, 1.807) is 13.0 Å². The van der Waals surface area contributed by atoms with Gasteiger partial charge in [-0.3, -0.25) is 14.6 Å². The van der Waals surface area contributed by atoms with Gasteiger partial charge in [-0.15, -0.1) is 0 Å². The number of carbonyl (C=O) groups excluding carboxylic acids is 1. The van der Waals surface area contributed by atoms with E-state index in [1.165, 1.54) is 24.8 Å². The van der Waals surface area contributed by atoms with Gasteiger partial charge in [-0.1, -0.05) is 73.9 Å². The van der Waals surface area contributed by atoms with Crippen molar-refractivity contribution in [3.63, 3.8) is 0 Å². The first-order valence-electron chi connectivity index (χ1n) is 15.3. The van der Waals surface area contributed by atoms with E-state index in [9.17, 15) is 9.59 Å². The number of ketones is 1. The molecule has 0 radical (unpaired) electrons. The number of aliphatic carboxylic acids is 1. The highest BCUT2D eigenvalue weighted by Gasteiger charge is 2.28. The van der Waals surface area contributed by atoms with Crippen LogP contribution in [0.5, 0.6) is 0 Å². The summed E-state index contributed by atoms with van der Waals surface area (Å²) >= 11 is 0. The van der Waals surface area contributed by atoms with Gasteiger partial charge in [-0.05, 0) is 92.5 Å². The van der Waals surface area contributed by atoms with Gasteiger partial charge in [0, 0.05) is 35.2 Å². The summed E-state index contributed by atoms with van der Waals surface area (Å²) in [6, 6.07) is 27.9. The fourth-order valence-electron chi connectivity index (χ4n) is 5.64. The zero-order chi connectivity index (χ0) is 30.4. The molecule has 1 aliphatic carbocycles. The minimum Gasteiger partial charge on any atom is -0.481 e. The molecule has 0 saturated heterocycles. The van der Waals surface area contributed by atoms with Crippen molar-refractivity contribution in [3.8, 4) is 0 Å². The van der Waals surface area contributed by atoms with Crippen LogP contribution in [0.2, 0.25) is 0 Å². The van der Waals surface area contributed by atoms with E-state index in [-0.39, 0.29) is 18.2 Å². The van der Waals surface area contributed by atoms with Crippen molar-refractivity contribution in [2.24, 2.45) is 16.6 Å². The number of anilines is 1. The van der Waals surface area contributed by atoms with E-state index in [0.717, 1.165) is 48.3 Å². The smallest absolute Gasteiger partial charge is 0.303 e. The number of hydrogen-bond donors (Lipinski definition) is 3. The van der Waals surface area contributed by atoms with E-state index in [1.807, 2.05) is 66.9 Å². The van der Waals surface area contributed by atoms with Crippen LogP contribution in [0.15, 0.2) is 113 Å². The van der Waals surface area contributed by atoms with Gasteiger partial charge in [0.05, 0.1) is 11.7 Å². The molecule has 4 N–H and O–H groups in total. The molecule has 1 atom stereocenters. The molecule has 0 amide bonds. The molecule has 0 heterocycles. The molecule has 1 unspecified atom stereocenters. The van der Waals surface area contributed by atoms with Crippen molar-refractivity contribution in [1.29, 1.82) is 0 Å². The number of Topliss-reactive ketones (excluding diaryl/α,β-unsaturated/α-hetero) is 1. The summed E-state index contributed by atoms with van der Waals surface area (Å²) < 4.78 is 0. The number of carbonyl (C=O) groups is 2. The Morgan fingerprint density at radius 3 is 2.23 bits per heavy atom. The number of carboxylic acid groups (broad SMARTS) is 1. The lowest BCUT2D eigenvalue weighted by molar-refractivity contribution is -0.136. The Morgan fingerprint density at radius 2 is 1.58 bits per heavy atom. The number of allylic oxidation sites excluding steroid dienone is 3. The molecule has 4 rings (SSSR count). The number of benzene rings is 3. The Morgan fingerprint density at radius 1 is 0.930 bits per heavy atom. The monoisotopic (exact) mass is 577 g/mol. The van der Waals surface area contributed by atoms with Crippen LogP contribution in [0.3, 0.4) is 0 Å². The second-order valence-electron chi connectivity index (χ2n) is 11.3. The van der Waals surface area contributed by atoms with E-state index < -0.39 is 5.97 Å². The highest BCUT2D eigenvalue weighted by atomic mass is 16.4. The predicted molar refractivity (Wildman–Crippen MR) is 176 cm³/mol. The number of para-hydroxylation sites is 1. The van der Waals surface area contributed by atoms with Crippen LogP contribution in [0.1, 0.15) is 74.2 Å².